The molecule has 2 aliphatic rings. The standard InChI is InChI=1S/C30H37FN2O5/c1-2-5-20-10-14-24(20)32-19-25(30(36)22-11-15-27-28(18-22)38-17-16-37-27)33-29(35)7-4-3-6-26(34)21-8-12-23(31)13-9-21/h8-9,11-13,15,18,20,25,30,36H,2-7,10,14,16-17,19H2,1H3,(H,33,35)/t20?,25-,30-/m1/s1. The van der Waals surface area contributed by atoms with Crippen LogP contribution in [0.3, 0.4) is 0 Å². The Morgan fingerprint density at radius 3 is 2.53 bits per heavy atom. The topological polar surface area (TPSA) is 97.2 Å². The summed E-state index contributed by atoms with van der Waals surface area (Å²) in [6, 6.07) is 10.2. The second-order valence-electron chi connectivity index (χ2n) is 10.0. The van der Waals surface area contributed by atoms with E-state index in [-0.39, 0.29) is 30.3 Å². The summed E-state index contributed by atoms with van der Waals surface area (Å²) in [6.07, 6.45) is 4.94. The van der Waals surface area contributed by atoms with Crippen molar-refractivity contribution in [1.29, 1.82) is 0 Å². The number of aliphatic imine (C=N–C) groups is 1. The summed E-state index contributed by atoms with van der Waals surface area (Å²) in [5, 5.41) is 14.2. The Balaban J connectivity index is 1.34. The van der Waals surface area contributed by atoms with Crippen LogP contribution < -0.4 is 14.8 Å². The number of rotatable bonds is 13. The third kappa shape index (κ3) is 7.40. The Morgan fingerprint density at radius 2 is 1.82 bits per heavy atom. The highest BCUT2D eigenvalue weighted by molar-refractivity contribution is 5.96. The lowest BCUT2D eigenvalue weighted by molar-refractivity contribution is -0.122. The van der Waals surface area contributed by atoms with Gasteiger partial charge in [-0.25, -0.2) is 4.39 Å². The molecule has 0 aromatic heterocycles. The first-order valence-corrected chi connectivity index (χ1v) is 13.6. The minimum Gasteiger partial charge on any atom is -0.486 e. The van der Waals surface area contributed by atoms with Crippen molar-refractivity contribution in [3.8, 4) is 11.5 Å². The quantitative estimate of drug-likeness (QED) is 0.277. The van der Waals surface area contributed by atoms with Crippen molar-refractivity contribution in [2.75, 3.05) is 19.8 Å². The number of unbranched alkanes of at least 4 members (excludes halogenated alkanes) is 1. The Bertz CT molecular complexity index is 1130. The lowest BCUT2D eigenvalue weighted by Gasteiger charge is -2.30. The van der Waals surface area contributed by atoms with Gasteiger partial charge in [0.2, 0.25) is 5.91 Å². The first kappa shape index (κ1) is 27.8. The molecule has 0 bridgehead atoms. The van der Waals surface area contributed by atoms with E-state index in [1.54, 1.807) is 18.2 Å². The molecular formula is C30H37FN2O5. The van der Waals surface area contributed by atoms with Crippen LogP contribution >= 0.6 is 0 Å². The molecule has 1 aliphatic heterocycles. The smallest absolute Gasteiger partial charge is 0.220 e. The number of nitrogens with one attached hydrogen (secondary N) is 1. The molecule has 0 saturated heterocycles. The Labute approximate surface area is 223 Å². The van der Waals surface area contributed by atoms with E-state index in [2.05, 4.69) is 12.2 Å². The predicted molar refractivity (Wildman–Crippen MR) is 143 cm³/mol. The zero-order valence-corrected chi connectivity index (χ0v) is 22.0. The molecule has 0 radical (unpaired) electrons. The van der Waals surface area contributed by atoms with Crippen LogP contribution in [0.1, 0.15) is 80.3 Å². The number of ether oxygens (including phenoxy) is 2. The first-order chi connectivity index (χ1) is 18.4. The van der Waals surface area contributed by atoms with Gasteiger partial charge in [-0.1, -0.05) is 19.4 Å². The molecule has 8 heteroatoms. The maximum atomic E-state index is 13.1. The van der Waals surface area contributed by atoms with Gasteiger partial charge in [0.15, 0.2) is 17.3 Å². The summed E-state index contributed by atoms with van der Waals surface area (Å²) >= 11 is 0. The molecule has 2 aromatic carbocycles. The molecule has 1 fully saturated rings. The molecule has 204 valence electrons. The van der Waals surface area contributed by atoms with Crippen molar-refractivity contribution in [2.45, 2.75) is 70.4 Å². The summed E-state index contributed by atoms with van der Waals surface area (Å²) in [7, 11) is 0. The van der Waals surface area contributed by atoms with E-state index < -0.39 is 12.1 Å². The van der Waals surface area contributed by atoms with Crippen molar-refractivity contribution in [2.24, 2.45) is 10.9 Å². The van der Waals surface area contributed by atoms with Crippen LogP contribution in [-0.4, -0.2) is 48.3 Å². The lowest BCUT2D eigenvalue weighted by Crippen LogP contribution is -2.42. The number of nitrogens with zero attached hydrogens (tertiary/aromatic N) is 1. The number of hydrogen-bond acceptors (Lipinski definition) is 6. The minimum absolute atomic E-state index is 0.0738. The lowest BCUT2D eigenvalue weighted by atomic mass is 9.80. The van der Waals surface area contributed by atoms with E-state index in [4.69, 9.17) is 14.5 Å². The van der Waals surface area contributed by atoms with Gasteiger partial charge >= 0.3 is 0 Å². The molecule has 1 aliphatic carbocycles. The number of carbonyl (C=O) groups is 2. The maximum absolute atomic E-state index is 13.1. The van der Waals surface area contributed by atoms with Crippen LogP contribution in [0.4, 0.5) is 4.39 Å². The number of halogens is 1. The number of ketones is 1. The molecule has 1 amide bonds. The number of Topliss-reactive ketones (excluding diaryl/α,β-unsaturated/α-hetero) is 1. The average Bonchev–Trinajstić information content (AvgIpc) is 2.92. The van der Waals surface area contributed by atoms with Crippen molar-refractivity contribution in [1.82, 2.24) is 5.32 Å². The van der Waals surface area contributed by atoms with Gasteiger partial charge in [-0.15, -0.1) is 0 Å². The second kappa shape index (κ2) is 13.5. The summed E-state index contributed by atoms with van der Waals surface area (Å²) in [6.45, 7) is 3.39. The number of fused-ring (bicyclic) bond motifs is 1. The number of carbonyl (C=O) groups excluding carboxylic acids is 2. The van der Waals surface area contributed by atoms with E-state index in [9.17, 15) is 19.1 Å². The molecule has 0 spiro atoms. The van der Waals surface area contributed by atoms with Crippen LogP contribution in [0.25, 0.3) is 0 Å². The third-order valence-corrected chi connectivity index (χ3v) is 7.21. The van der Waals surface area contributed by atoms with E-state index in [1.807, 2.05) is 0 Å². The van der Waals surface area contributed by atoms with Crippen molar-refractivity contribution in [3.05, 3.63) is 59.4 Å². The summed E-state index contributed by atoms with van der Waals surface area (Å²) in [5.74, 6) is 1.07. The van der Waals surface area contributed by atoms with E-state index in [0.717, 1.165) is 25.7 Å². The Hall–Kier alpha value is -3.26. The largest absolute Gasteiger partial charge is 0.486 e. The summed E-state index contributed by atoms with van der Waals surface area (Å²) < 4.78 is 24.3. The molecule has 2 N–H and O–H groups in total. The van der Waals surface area contributed by atoms with Gasteiger partial charge in [-0.3, -0.25) is 14.6 Å². The van der Waals surface area contributed by atoms with E-state index in [0.29, 0.717) is 61.1 Å². The SMILES string of the molecule is CCCC1CCC1=NC[C@@H](NC(=O)CCCCC(=O)c1ccc(F)cc1)[C@H](O)c1ccc2c(c1)OCCO2. The monoisotopic (exact) mass is 524 g/mol. The first-order valence-electron chi connectivity index (χ1n) is 13.6. The van der Waals surface area contributed by atoms with Crippen molar-refractivity contribution in [3.63, 3.8) is 0 Å². The molecule has 3 atom stereocenters. The molecule has 1 heterocycles. The zero-order chi connectivity index (χ0) is 26.9. The number of aliphatic hydroxyl groups excluding tert-OH is 1. The van der Waals surface area contributed by atoms with Crippen LogP contribution in [0.2, 0.25) is 0 Å². The van der Waals surface area contributed by atoms with Crippen molar-refractivity contribution < 1.29 is 28.6 Å². The molecular weight excluding hydrogens is 487 g/mol. The molecule has 1 unspecified atom stereocenters. The van der Waals surface area contributed by atoms with Gasteiger partial charge in [0.25, 0.3) is 0 Å². The fourth-order valence-corrected chi connectivity index (χ4v) is 4.89. The van der Waals surface area contributed by atoms with Crippen LogP contribution in [0.15, 0.2) is 47.5 Å². The number of hydrogen-bond donors (Lipinski definition) is 2. The van der Waals surface area contributed by atoms with E-state index >= 15 is 0 Å². The summed E-state index contributed by atoms with van der Waals surface area (Å²) in [4.78, 5) is 29.9. The fraction of sp³-hybridized carbons (Fsp3) is 0.500. The number of benzene rings is 2. The second-order valence-corrected chi connectivity index (χ2v) is 10.0. The number of amides is 1. The zero-order valence-electron chi connectivity index (χ0n) is 22.0. The summed E-state index contributed by atoms with van der Waals surface area (Å²) in [5.41, 5.74) is 2.26. The van der Waals surface area contributed by atoms with Gasteiger partial charge in [0, 0.05) is 24.1 Å². The molecule has 2 aromatic rings. The van der Waals surface area contributed by atoms with E-state index in [1.165, 1.54) is 30.0 Å². The van der Waals surface area contributed by atoms with Crippen molar-refractivity contribution >= 4 is 17.4 Å². The third-order valence-electron chi connectivity index (χ3n) is 7.21. The number of aliphatic hydroxyl groups is 1. The van der Waals surface area contributed by atoms with Crippen LogP contribution in [-0.2, 0) is 4.79 Å². The highest BCUT2D eigenvalue weighted by Gasteiger charge is 2.28. The van der Waals surface area contributed by atoms with Crippen LogP contribution in [0.5, 0.6) is 11.5 Å². The highest BCUT2D eigenvalue weighted by Crippen LogP contribution is 2.34. The average molecular weight is 525 g/mol. The van der Waals surface area contributed by atoms with Crippen LogP contribution in [0, 0.1) is 11.7 Å². The fourth-order valence-electron chi connectivity index (χ4n) is 4.89. The molecule has 1 saturated carbocycles. The maximum Gasteiger partial charge on any atom is 0.220 e. The van der Waals surface area contributed by atoms with Gasteiger partial charge < -0.3 is 19.9 Å². The Morgan fingerprint density at radius 1 is 1.08 bits per heavy atom. The van der Waals surface area contributed by atoms with Gasteiger partial charge in [0.05, 0.1) is 12.6 Å². The highest BCUT2D eigenvalue weighted by atomic mass is 19.1. The molecule has 38 heavy (non-hydrogen) atoms. The molecule has 7 nitrogen and oxygen atoms in total. The molecule has 4 rings (SSSR count). The van der Waals surface area contributed by atoms with Gasteiger partial charge in [-0.2, -0.15) is 0 Å². The minimum atomic E-state index is -0.969. The van der Waals surface area contributed by atoms with Gasteiger partial charge in [-0.05, 0) is 80.0 Å². The Kier molecular flexibility index (Phi) is 9.87. The van der Waals surface area contributed by atoms with Gasteiger partial charge in [0.1, 0.15) is 25.1 Å². The normalized spacial score (nSPS) is 18.9. The predicted octanol–water partition coefficient (Wildman–Crippen LogP) is 5.21.